The van der Waals surface area contributed by atoms with Crippen LogP contribution in [0.15, 0.2) is 0 Å². The molecular weight excluding hydrogens is 190 g/mol. The van der Waals surface area contributed by atoms with Crippen molar-refractivity contribution in [2.75, 3.05) is 46.9 Å². The average molecular weight is 215 g/mol. The van der Waals surface area contributed by atoms with Gasteiger partial charge in [0.05, 0.1) is 6.61 Å². The number of rotatable bonds is 4. The lowest BCUT2D eigenvalue weighted by Crippen LogP contribution is -2.64. The molecule has 0 radical (unpaired) electrons. The van der Waals surface area contributed by atoms with E-state index >= 15 is 0 Å². The van der Waals surface area contributed by atoms with Crippen molar-refractivity contribution in [3.05, 3.63) is 0 Å². The second kappa shape index (κ2) is 5.25. The molecule has 0 aliphatic carbocycles. The predicted molar refractivity (Wildman–Crippen MR) is 63.0 cm³/mol. The monoisotopic (exact) mass is 215 g/mol. The molecule has 0 spiro atoms. The maximum Gasteiger partial charge on any atom is 0.0589 e. The highest BCUT2D eigenvalue weighted by Crippen LogP contribution is 2.22. The van der Waals surface area contributed by atoms with Crippen LogP contribution in [0.4, 0.5) is 0 Å². The van der Waals surface area contributed by atoms with Crippen LogP contribution in [0.5, 0.6) is 0 Å². The van der Waals surface area contributed by atoms with E-state index in [9.17, 15) is 0 Å². The second-order valence-electron chi connectivity index (χ2n) is 5.06. The number of piperazine rings is 1. The van der Waals surface area contributed by atoms with Gasteiger partial charge in [-0.2, -0.15) is 0 Å². The standard InChI is InChI=1S/C11H25N3O/c1-11(2)9-13(3)10(7-12)8-14(11)5-6-15-4/h10H,5-9,12H2,1-4H3. The largest absolute Gasteiger partial charge is 0.383 e. The third-order valence-electron chi connectivity index (χ3n) is 3.38. The number of hydrogen-bond acceptors (Lipinski definition) is 4. The molecule has 1 rings (SSSR count). The molecule has 2 N–H and O–H groups in total. The number of methoxy groups -OCH3 is 1. The Hall–Kier alpha value is -0.160. The second-order valence-corrected chi connectivity index (χ2v) is 5.06. The number of hydrogen-bond donors (Lipinski definition) is 1. The topological polar surface area (TPSA) is 41.7 Å². The van der Waals surface area contributed by atoms with Gasteiger partial charge in [-0.1, -0.05) is 0 Å². The summed E-state index contributed by atoms with van der Waals surface area (Å²) in [7, 11) is 3.91. The summed E-state index contributed by atoms with van der Waals surface area (Å²) in [4.78, 5) is 4.84. The van der Waals surface area contributed by atoms with Gasteiger partial charge in [-0.05, 0) is 20.9 Å². The van der Waals surface area contributed by atoms with E-state index in [1.807, 2.05) is 0 Å². The lowest BCUT2D eigenvalue weighted by Gasteiger charge is -2.49. The molecule has 15 heavy (non-hydrogen) atoms. The van der Waals surface area contributed by atoms with E-state index in [1.54, 1.807) is 7.11 Å². The van der Waals surface area contributed by atoms with Crippen molar-refractivity contribution in [1.29, 1.82) is 0 Å². The fourth-order valence-electron chi connectivity index (χ4n) is 2.33. The van der Waals surface area contributed by atoms with Gasteiger partial charge in [-0.25, -0.2) is 0 Å². The Bertz CT molecular complexity index is 196. The highest BCUT2D eigenvalue weighted by molar-refractivity contribution is 4.93. The minimum atomic E-state index is 0.221. The van der Waals surface area contributed by atoms with E-state index in [-0.39, 0.29) is 5.54 Å². The fraction of sp³-hybridized carbons (Fsp3) is 1.00. The van der Waals surface area contributed by atoms with Crippen molar-refractivity contribution >= 4 is 0 Å². The molecule has 1 saturated heterocycles. The van der Waals surface area contributed by atoms with Gasteiger partial charge in [0.2, 0.25) is 0 Å². The van der Waals surface area contributed by atoms with Gasteiger partial charge < -0.3 is 10.5 Å². The summed E-state index contributed by atoms with van der Waals surface area (Å²) in [5.41, 5.74) is 5.99. The van der Waals surface area contributed by atoms with Crippen molar-refractivity contribution < 1.29 is 4.74 Å². The van der Waals surface area contributed by atoms with Crippen molar-refractivity contribution in [3.63, 3.8) is 0 Å². The van der Waals surface area contributed by atoms with E-state index in [4.69, 9.17) is 10.5 Å². The van der Waals surface area contributed by atoms with Crippen LogP contribution in [-0.4, -0.2) is 68.3 Å². The Kier molecular flexibility index (Phi) is 4.52. The van der Waals surface area contributed by atoms with Crippen molar-refractivity contribution in [3.8, 4) is 0 Å². The minimum Gasteiger partial charge on any atom is -0.383 e. The first-order chi connectivity index (χ1) is 7.01. The molecule has 0 aromatic heterocycles. The molecule has 90 valence electrons. The van der Waals surface area contributed by atoms with Gasteiger partial charge in [-0.3, -0.25) is 9.80 Å². The number of nitrogens with zero attached hydrogens (tertiary/aromatic N) is 2. The van der Waals surface area contributed by atoms with E-state index in [0.717, 1.165) is 32.8 Å². The van der Waals surface area contributed by atoms with Gasteiger partial charge in [0.15, 0.2) is 0 Å². The molecular formula is C11H25N3O. The molecule has 0 amide bonds. The van der Waals surface area contributed by atoms with Gasteiger partial charge >= 0.3 is 0 Å². The normalized spacial score (nSPS) is 28.2. The molecule has 1 aliphatic heterocycles. The molecule has 0 saturated carbocycles. The Balaban J connectivity index is 2.59. The molecule has 1 fully saturated rings. The first-order valence-electron chi connectivity index (χ1n) is 5.65. The average Bonchev–Trinajstić information content (AvgIpc) is 2.15. The Morgan fingerprint density at radius 1 is 1.47 bits per heavy atom. The molecule has 4 heteroatoms. The lowest BCUT2D eigenvalue weighted by molar-refractivity contribution is -0.0145. The molecule has 4 nitrogen and oxygen atoms in total. The SMILES string of the molecule is COCCN1CC(CN)N(C)CC1(C)C. The first-order valence-corrected chi connectivity index (χ1v) is 5.65. The smallest absolute Gasteiger partial charge is 0.0589 e. The zero-order valence-electron chi connectivity index (χ0n) is 10.5. The molecule has 1 atom stereocenters. The minimum absolute atomic E-state index is 0.221. The van der Waals surface area contributed by atoms with Gasteiger partial charge in [0.25, 0.3) is 0 Å². The van der Waals surface area contributed by atoms with E-state index in [2.05, 4.69) is 30.7 Å². The summed E-state index contributed by atoms with van der Waals surface area (Å²) in [6, 6.07) is 0.481. The van der Waals surface area contributed by atoms with Crippen LogP contribution >= 0.6 is 0 Å². The lowest BCUT2D eigenvalue weighted by atomic mass is 9.96. The van der Waals surface area contributed by atoms with Crippen molar-refractivity contribution in [2.45, 2.75) is 25.4 Å². The number of ether oxygens (including phenoxy) is 1. The van der Waals surface area contributed by atoms with Gasteiger partial charge in [-0.15, -0.1) is 0 Å². The molecule has 0 aromatic carbocycles. The Morgan fingerprint density at radius 3 is 2.67 bits per heavy atom. The van der Waals surface area contributed by atoms with E-state index < -0.39 is 0 Å². The van der Waals surface area contributed by atoms with Gasteiger partial charge in [0.1, 0.15) is 0 Å². The summed E-state index contributed by atoms with van der Waals surface area (Å²) >= 11 is 0. The van der Waals surface area contributed by atoms with Crippen molar-refractivity contribution in [2.24, 2.45) is 5.73 Å². The van der Waals surface area contributed by atoms with Crippen LogP contribution in [-0.2, 0) is 4.74 Å². The molecule has 1 heterocycles. The molecule has 1 aliphatic rings. The van der Waals surface area contributed by atoms with Crippen LogP contribution in [0.3, 0.4) is 0 Å². The summed E-state index contributed by atoms with van der Waals surface area (Å²) < 4.78 is 5.15. The summed E-state index contributed by atoms with van der Waals surface area (Å²) in [6.45, 7) is 9.20. The quantitative estimate of drug-likeness (QED) is 0.716. The summed E-state index contributed by atoms with van der Waals surface area (Å²) in [6.07, 6.45) is 0. The first kappa shape index (κ1) is 12.9. The summed E-state index contributed by atoms with van der Waals surface area (Å²) in [5, 5.41) is 0. The Morgan fingerprint density at radius 2 is 2.13 bits per heavy atom. The Labute approximate surface area is 93.4 Å². The van der Waals surface area contributed by atoms with E-state index in [1.165, 1.54) is 0 Å². The highest BCUT2D eigenvalue weighted by Gasteiger charge is 2.36. The third-order valence-corrected chi connectivity index (χ3v) is 3.38. The van der Waals surface area contributed by atoms with Crippen LogP contribution in [0.1, 0.15) is 13.8 Å². The molecule has 0 aromatic rings. The van der Waals surface area contributed by atoms with Crippen LogP contribution in [0.2, 0.25) is 0 Å². The van der Waals surface area contributed by atoms with Gasteiger partial charge in [0, 0.05) is 44.9 Å². The maximum atomic E-state index is 5.77. The maximum absolute atomic E-state index is 5.77. The predicted octanol–water partition coefficient (Wildman–Crippen LogP) is -0.0139. The number of likely N-dealkylation sites (N-methyl/N-ethyl adjacent to an activating group) is 1. The molecule has 1 unspecified atom stereocenters. The van der Waals surface area contributed by atoms with Crippen LogP contribution < -0.4 is 5.73 Å². The van der Waals surface area contributed by atoms with Crippen molar-refractivity contribution in [1.82, 2.24) is 9.80 Å². The fourth-order valence-corrected chi connectivity index (χ4v) is 2.33. The zero-order valence-corrected chi connectivity index (χ0v) is 10.5. The highest BCUT2D eigenvalue weighted by atomic mass is 16.5. The molecule has 0 bridgehead atoms. The zero-order chi connectivity index (χ0) is 11.5. The van der Waals surface area contributed by atoms with E-state index in [0.29, 0.717) is 6.04 Å². The third kappa shape index (κ3) is 3.14. The van der Waals surface area contributed by atoms with Crippen LogP contribution in [0.25, 0.3) is 0 Å². The number of nitrogens with two attached hydrogens (primary N) is 1. The van der Waals surface area contributed by atoms with Crippen LogP contribution in [0, 0.1) is 0 Å². The summed E-state index contributed by atoms with van der Waals surface area (Å²) in [5.74, 6) is 0.